The summed E-state index contributed by atoms with van der Waals surface area (Å²) in [6.07, 6.45) is 16.4. The van der Waals surface area contributed by atoms with Crippen molar-refractivity contribution in [2.75, 3.05) is 0 Å². The van der Waals surface area contributed by atoms with Gasteiger partial charge in [-0.15, -0.1) is 0 Å². The molecule has 164 valence electrons. The molecule has 0 bridgehead atoms. The van der Waals surface area contributed by atoms with Crippen molar-refractivity contribution in [1.82, 2.24) is 0 Å². The molecule has 1 N–H and O–H groups in total. The third-order valence-corrected chi connectivity index (χ3v) is 9.56. The Balaban J connectivity index is 1.70. The molecule has 4 aliphatic carbocycles. The fourth-order valence-electron chi connectivity index (χ4n) is 6.87. The Morgan fingerprint density at radius 2 is 1.77 bits per heavy atom. The standard InChI is InChI=1S/C28H40O2/c1-18(2)19(3)7-8-20(4)23-11-12-24-25-10-9-21-17-22(29)13-14-27(21,6)28(25,30)16-15-26(23,24)5/h7-10,17-20,23,30H,11-16H2,1-6H3/t19-,20+,23+,26+,27-,28+/m0/s1. The highest BCUT2D eigenvalue weighted by molar-refractivity contribution is 5.92. The van der Waals surface area contributed by atoms with Crippen LogP contribution in [-0.2, 0) is 4.79 Å². The molecule has 0 heterocycles. The van der Waals surface area contributed by atoms with E-state index in [1.54, 1.807) is 6.08 Å². The van der Waals surface area contributed by atoms with Crippen LogP contribution in [-0.4, -0.2) is 16.5 Å². The number of fused-ring (bicyclic) bond motifs is 4. The maximum absolute atomic E-state index is 12.1. The molecular weight excluding hydrogens is 368 g/mol. The molecule has 0 aliphatic heterocycles. The van der Waals surface area contributed by atoms with Gasteiger partial charge in [-0.25, -0.2) is 0 Å². The van der Waals surface area contributed by atoms with E-state index >= 15 is 0 Å². The Morgan fingerprint density at radius 1 is 1.03 bits per heavy atom. The van der Waals surface area contributed by atoms with Gasteiger partial charge in [0.1, 0.15) is 0 Å². The smallest absolute Gasteiger partial charge is 0.156 e. The van der Waals surface area contributed by atoms with Crippen LogP contribution in [0.2, 0.25) is 0 Å². The van der Waals surface area contributed by atoms with E-state index in [1.807, 2.05) is 0 Å². The molecule has 1 saturated carbocycles. The first-order valence-corrected chi connectivity index (χ1v) is 12.1. The summed E-state index contributed by atoms with van der Waals surface area (Å²) in [4.78, 5) is 12.0. The minimum atomic E-state index is -0.830. The number of hydrogen-bond acceptors (Lipinski definition) is 2. The minimum Gasteiger partial charge on any atom is -0.384 e. The monoisotopic (exact) mass is 408 g/mol. The van der Waals surface area contributed by atoms with Crippen molar-refractivity contribution >= 4 is 5.78 Å². The normalized spacial score (nSPS) is 40.3. The molecule has 4 aliphatic rings. The molecule has 0 saturated heterocycles. The summed E-state index contributed by atoms with van der Waals surface area (Å²) in [6, 6.07) is 0. The van der Waals surface area contributed by atoms with Gasteiger partial charge >= 0.3 is 0 Å². The fourth-order valence-corrected chi connectivity index (χ4v) is 6.87. The fraction of sp³-hybridized carbons (Fsp3) is 0.679. The van der Waals surface area contributed by atoms with Crippen molar-refractivity contribution < 1.29 is 9.90 Å². The molecule has 0 spiro atoms. The van der Waals surface area contributed by atoms with Crippen molar-refractivity contribution in [3.8, 4) is 0 Å². The minimum absolute atomic E-state index is 0.165. The maximum Gasteiger partial charge on any atom is 0.156 e. The van der Waals surface area contributed by atoms with Crippen LogP contribution in [0.4, 0.5) is 0 Å². The number of carbonyl (C=O) groups is 1. The van der Waals surface area contributed by atoms with E-state index in [0.29, 0.717) is 30.1 Å². The molecule has 2 heteroatoms. The van der Waals surface area contributed by atoms with Gasteiger partial charge in [-0.2, -0.15) is 0 Å². The van der Waals surface area contributed by atoms with Gasteiger partial charge in [0.05, 0.1) is 5.60 Å². The third kappa shape index (κ3) is 3.05. The molecule has 1 fully saturated rings. The first kappa shape index (κ1) is 21.8. The highest BCUT2D eigenvalue weighted by Crippen LogP contribution is 2.65. The highest BCUT2D eigenvalue weighted by Gasteiger charge is 2.60. The molecule has 0 aromatic rings. The molecule has 6 atom stereocenters. The lowest BCUT2D eigenvalue weighted by Crippen LogP contribution is -2.55. The van der Waals surface area contributed by atoms with Crippen molar-refractivity contribution in [1.29, 1.82) is 0 Å². The Morgan fingerprint density at radius 3 is 2.47 bits per heavy atom. The summed E-state index contributed by atoms with van der Waals surface area (Å²) in [5.41, 5.74) is 2.70. The average molecular weight is 409 g/mol. The quantitative estimate of drug-likeness (QED) is 0.534. The van der Waals surface area contributed by atoms with E-state index in [1.165, 1.54) is 17.6 Å². The van der Waals surface area contributed by atoms with Crippen LogP contribution < -0.4 is 0 Å². The second-order valence-electron chi connectivity index (χ2n) is 11.4. The van der Waals surface area contributed by atoms with E-state index < -0.39 is 5.60 Å². The first-order chi connectivity index (χ1) is 14.0. The zero-order valence-electron chi connectivity index (χ0n) is 19.8. The Hall–Kier alpha value is -1.41. The molecule has 4 rings (SSSR count). The predicted molar refractivity (Wildman–Crippen MR) is 124 cm³/mol. The summed E-state index contributed by atoms with van der Waals surface area (Å²) in [6.45, 7) is 13.9. The van der Waals surface area contributed by atoms with Crippen LogP contribution in [0, 0.1) is 34.5 Å². The molecule has 2 nitrogen and oxygen atoms in total. The van der Waals surface area contributed by atoms with Crippen LogP contribution in [0.1, 0.15) is 80.1 Å². The number of allylic oxidation sites excluding steroid dienone is 5. The van der Waals surface area contributed by atoms with Crippen LogP contribution in [0.15, 0.2) is 47.1 Å². The second-order valence-corrected chi connectivity index (χ2v) is 11.4. The predicted octanol–water partition coefficient (Wildman–Crippen LogP) is 6.57. The van der Waals surface area contributed by atoms with Gasteiger partial charge < -0.3 is 5.11 Å². The van der Waals surface area contributed by atoms with E-state index in [4.69, 9.17) is 0 Å². The van der Waals surface area contributed by atoms with E-state index in [9.17, 15) is 9.90 Å². The molecule has 0 unspecified atom stereocenters. The van der Waals surface area contributed by atoms with Crippen molar-refractivity contribution in [3.05, 3.63) is 47.1 Å². The van der Waals surface area contributed by atoms with Crippen LogP contribution >= 0.6 is 0 Å². The summed E-state index contributed by atoms with van der Waals surface area (Å²) in [5.74, 6) is 2.66. The van der Waals surface area contributed by atoms with Crippen LogP contribution in [0.25, 0.3) is 0 Å². The van der Waals surface area contributed by atoms with Gasteiger partial charge in [-0.1, -0.05) is 71.4 Å². The third-order valence-electron chi connectivity index (χ3n) is 9.56. The summed E-state index contributed by atoms with van der Waals surface area (Å²) in [7, 11) is 0. The summed E-state index contributed by atoms with van der Waals surface area (Å²) >= 11 is 0. The molecule has 30 heavy (non-hydrogen) atoms. The maximum atomic E-state index is 12.1. The topological polar surface area (TPSA) is 37.3 Å². The lowest BCUT2D eigenvalue weighted by molar-refractivity contribution is -0.118. The Labute approximate surface area is 183 Å². The number of carbonyl (C=O) groups excluding carboxylic acids is 1. The molecule has 0 aromatic heterocycles. The Kier molecular flexibility index (Phi) is 5.33. The van der Waals surface area contributed by atoms with E-state index in [0.717, 1.165) is 31.3 Å². The van der Waals surface area contributed by atoms with Gasteiger partial charge in [0.25, 0.3) is 0 Å². The second kappa shape index (κ2) is 7.33. The van der Waals surface area contributed by atoms with Gasteiger partial charge in [0.15, 0.2) is 5.78 Å². The number of rotatable bonds is 4. The van der Waals surface area contributed by atoms with Gasteiger partial charge in [0.2, 0.25) is 0 Å². The van der Waals surface area contributed by atoms with Gasteiger partial charge in [-0.3, -0.25) is 4.79 Å². The van der Waals surface area contributed by atoms with Crippen molar-refractivity contribution in [2.24, 2.45) is 34.5 Å². The number of ketones is 1. The largest absolute Gasteiger partial charge is 0.384 e. The van der Waals surface area contributed by atoms with Crippen molar-refractivity contribution in [2.45, 2.75) is 85.7 Å². The number of hydrogen-bond donors (Lipinski definition) is 1. The lowest BCUT2D eigenvalue weighted by atomic mass is 9.51. The van der Waals surface area contributed by atoms with Crippen molar-refractivity contribution in [3.63, 3.8) is 0 Å². The highest BCUT2D eigenvalue weighted by atomic mass is 16.3. The zero-order chi connectivity index (χ0) is 21.9. The van der Waals surface area contributed by atoms with Crippen LogP contribution in [0.5, 0.6) is 0 Å². The summed E-state index contributed by atoms with van der Waals surface area (Å²) < 4.78 is 0. The Bertz CT molecular complexity index is 856. The average Bonchev–Trinajstić information content (AvgIpc) is 3.04. The SMILES string of the molecule is CC(C)[C@@H](C)C=C[C@@H](C)[C@H]1CCC2=C3C=CC4=CC(=O)CC[C@]4(C)[C@@]3(O)CC[C@@]21C. The molecule has 0 amide bonds. The number of aliphatic hydroxyl groups is 1. The van der Waals surface area contributed by atoms with E-state index in [2.05, 4.69) is 65.8 Å². The van der Waals surface area contributed by atoms with Gasteiger partial charge in [0, 0.05) is 11.8 Å². The first-order valence-electron chi connectivity index (χ1n) is 12.1. The molecule has 0 aromatic carbocycles. The summed E-state index contributed by atoms with van der Waals surface area (Å²) in [5, 5.41) is 12.1. The molecule has 0 radical (unpaired) electrons. The molecular formula is C28H40O2. The zero-order valence-corrected chi connectivity index (χ0v) is 19.8. The van der Waals surface area contributed by atoms with E-state index in [-0.39, 0.29) is 16.6 Å². The van der Waals surface area contributed by atoms with Crippen LogP contribution in [0.3, 0.4) is 0 Å². The van der Waals surface area contributed by atoms with Gasteiger partial charge in [-0.05, 0) is 78.4 Å². The lowest BCUT2D eigenvalue weighted by Gasteiger charge is -2.56.